The van der Waals surface area contributed by atoms with E-state index in [1.165, 1.54) is 25.7 Å². The van der Waals surface area contributed by atoms with E-state index in [1.807, 2.05) is 0 Å². The molecule has 14 atom stereocenters. The smallest absolute Gasteiger partial charge is 0.303 e. The molecular weight excluding hydrogens is 656 g/mol. The molecule has 51 heavy (non-hydrogen) atoms. The van der Waals surface area contributed by atoms with Crippen molar-refractivity contribution in [2.24, 2.45) is 52.3 Å². The quantitative estimate of drug-likeness (QED) is 0.0722. The number of carbonyl (C=O) groups is 4. The Balaban J connectivity index is 1.13. The van der Waals surface area contributed by atoms with Crippen molar-refractivity contribution in [3.8, 4) is 0 Å². The molecule has 11 unspecified atom stereocenters. The Morgan fingerprint density at radius 2 is 1.61 bits per heavy atom. The first-order valence-corrected chi connectivity index (χ1v) is 19.6. The van der Waals surface area contributed by atoms with Crippen molar-refractivity contribution in [2.75, 3.05) is 20.4 Å². The summed E-state index contributed by atoms with van der Waals surface area (Å²) in [5.74, 6) is 1.13. The van der Waals surface area contributed by atoms with Crippen LogP contribution in [0, 0.1) is 52.3 Å². The van der Waals surface area contributed by atoms with Crippen molar-refractivity contribution in [1.82, 2.24) is 10.8 Å². The Morgan fingerprint density at radius 3 is 2.27 bits per heavy atom. The molecule has 1 heterocycles. The average Bonchev–Trinajstić information content (AvgIpc) is 3.56. The summed E-state index contributed by atoms with van der Waals surface area (Å²) in [5, 5.41) is 20.9. The third kappa shape index (κ3) is 8.56. The fourth-order valence-electron chi connectivity index (χ4n) is 11.7. The lowest BCUT2D eigenvalue weighted by Crippen LogP contribution is -2.55. The number of fused-ring (bicyclic) bond motifs is 7. The standard InChI is InChI=1S/C39H64N2O10/c1-24(22-50-41-28(21-43)8-11-35(46)47)12-17-39(48-5)25(2)36-33(51-39)19-32-30-9-6-26-18-29(49-23-40-27(20-42)7-10-34(44)45)13-15-37(26,3)31(30)14-16-38(32,36)4/h20-21,24-33,36,40-41H,6-19,22-23H2,1-5H3,(H,44,45)(H,46,47)/t24?,25?,26?,27-,28-,29?,30?,31?,32?,33?,36?,37?,38?,39-/m1/s1. The Hall–Kier alpha value is -1.96. The van der Waals surface area contributed by atoms with E-state index in [2.05, 4.69) is 38.5 Å². The Labute approximate surface area is 303 Å². The maximum Gasteiger partial charge on any atom is 0.303 e. The maximum atomic E-state index is 11.4. The second-order valence-electron chi connectivity index (χ2n) is 17.3. The number of carboxylic acids is 2. The minimum Gasteiger partial charge on any atom is -0.481 e. The molecule has 0 aromatic carbocycles. The number of hydrogen-bond donors (Lipinski definition) is 4. The van der Waals surface area contributed by atoms with E-state index in [1.54, 1.807) is 7.11 Å². The number of aliphatic carboxylic acids is 2. The second kappa shape index (κ2) is 17.0. The Morgan fingerprint density at radius 1 is 0.922 bits per heavy atom. The third-order valence-electron chi connectivity index (χ3n) is 14.6. The van der Waals surface area contributed by atoms with Gasteiger partial charge in [0.1, 0.15) is 12.6 Å². The van der Waals surface area contributed by atoms with Crippen LogP contribution in [-0.4, -0.2) is 85.3 Å². The molecular formula is C39H64N2O10. The van der Waals surface area contributed by atoms with Gasteiger partial charge in [-0.2, -0.15) is 5.48 Å². The van der Waals surface area contributed by atoms with Crippen LogP contribution in [-0.2, 0) is 38.2 Å². The number of ether oxygens (including phenoxy) is 3. The predicted molar refractivity (Wildman–Crippen MR) is 188 cm³/mol. The lowest BCUT2D eigenvalue weighted by molar-refractivity contribution is -0.240. The van der Waals surface area contributed by atoms with Crippen molar-refractivity contribution >= 4 is 24.5 Å². The molecule has 12 heteroatoms. The number of carbonyl (C=O) groups excluding carboxylic acids is 2. The van der Waals surface area contributed by atoms with E-state index in [9.17, 15) is 19.2 Å². The molecule has 0 spiro atoms. The molecule has 5 fully saturated rings. The molecule has 290 valence electrons. The van der Waals surface area contributed by atoms with Gasteiger partial charge in [-0.25, -0.2) is 0 Å². The fraction of sp³-hybridized carbons (Fsp3) is 0.897. The summed E-state index contributed by atoms with van der Waals surface area (Å²) in [6.45, 7) is 10.2. The van der Waals surface area contributed by atoms with Gasteiger partial charge in [-0.3, -0.25) is 14.9 Å². The van der Waals surface area contributed by atoms with Gasteiger partial charge in [-0.1, -0.05) is 27.7 Å². The Bertz CT molecular complexity index is 1220. The lowest BCUT2D eigenvalue weighted by Gasteiger charge is -2.61. The number of carboxylic acid groups (broad SMARTS) is 2. The zero-order chi connectivity index (χ0) is 37.0. The molecule has 0 aromatic heterocycles. The van der Waals surface area contributed by atoms with Crippen LogP contribution in [0.1, 0.15) is 118 Å². The summed E-state index contributed by atoms with van der Waals surface area (Å²) in [4.78, 5) is 50.0. The highest BCUT2D eigenvalue weighted by atomic mass is 16.7. The molecule has 0 aromatic rings. The Kier molecular flexibility index (Phi) is 13.4. The van der Waals surface area contributed by atoms with Gasteiger partial charge < -0.3 is 38.9 Å². The predicted octanol–water partition coefficient (Wildman–Crippen LogP) is 5.37. The highest BCUT2D eigenvalue weighted by molar-refractivity contribution is 5.68. The molecule has 4 N–H and O–H groups in total. The number of methoxy groups -OCH3 is 1. The molecule has 5 rings (SSSR count). The average molecular weight is 721 g/mol. The zero-order valence-corrected chi connectivity index (χ0v) is 31.5. The van der Waals surface area contributed by atoms with Gasteiger partial charge in [0, 0.05) is 32.3 Å². The van der Waals surface area contributed by atoms with Crippen LogP contribution < -0.4 is 10.8 Å². The number of hydroxylamine groups is 1. The van der Waals surface area contributed by atoms with Crippen LogP contribution in [0.4, 0.5) is 0 Å². The van der Waals surface area contributed by atoms with Crippen molar-refractivity contribution in [2.45, 2.75) is 148 Å². The number of hydrogen-bond acceptors (Lipinski definition) is 10. The summed E-state index contributed by atoms with van der Waals surface area (Å²) in [5.41, 5.74) is 3.24. The van der Waals surface area contributed by atoms with Crippen LogP contribution in [0.3, 0.4) is 0 Å². The molecule has 4 saturated carbocycles. The highest BCUT2D eigenvalue weighted by Crippen LogP contribution is 2.71. The van der Waals surface area contributed by atoms with Crippen molar-refractivity contribution in [1.29, 1.82) is 0 Å². The second-order valence-corrected chi connectivity index (χ2v) is 17.3. The van der Waals surface area contributed by atoms with Gasteiger partial charge in [-0.05, 0) is 117 Å². The minimum absolute atomic E-state index is 0.0396. The zero-order valence-electron chi connectivity index (χ0n) is 31.5. The van der Waals surface area contributed by atoms with Crippen molar-refractivity contribution < 1.29 is 48.4 Å². The molecule has 12 nitrogen and oxygen atoms in total. The van der Waals surface area contributed by atoms with Crippen molar-refractivity contribution in [3.05, 3.63) is 0 Å². The van der Waals surface area contributed by atoms with Crippen LogP contribution >= 0.6 is 0 Å². The number of rotatable bonds is 20. The molecule has 1 saturated heterocycles. The summed E-state index contributed by atoms with van der Waals surface area (Å²) < 4.78 is 19.5. The molecule has 0 bridgehead atoms. The van der Waals surface area contributed by atoms with E-state index >= 15 is 0 Å². The molecule has 5 aliphatic rings. The number of nitrogens with one attached hydrogen (secondary N) is 2. The summed E-state index contributed by atoms with van der Waals surface area (Å²) in [6.07, 6.45) is 13.0. The van der Waals surface area contributed by atoms with Crippen molar-refractivity contribution in [3.63, 3.8) is 0 Å². The SMILES string of the molecule is CO[C@]1(CCC(C)CON[C@@H](C=O)CCC(=O)O)OC2CC3C4CCC5CC(OCN[C@@H](C=O)CCC(=O)O)CCC5(C)C4CCC3(C)C2C1C. The first-order valence-electron chi connectivity index (χ1n) is 19.6. The van der Waals surface area contributed by atoms with Gasteiger partial charge in [-0.15, -0.1) is 0 Å². The van der Waals surface area contributed by atoms with Gasteiger partial charge in [0.25, 0.3) is 0 Å². The summed E-state index contributed by atoms with van der Waals surface area (Å²) in [7, 11) is 1.78. The van der Waals surface area contributed by atoms with Gasteiger partial charge in [0.15, 0.2) is 5.79 Å². The molecule has 0 radical (unpaired) electrons. The molecule has 1 aliphatic heterocycles. The monoisotopic (exact) mass is 720 g/mol. The van der Waals surface area contributed by atoms with Gasteiger partial charge in [0.05, 0.1) is 37.6 Å². The van der Waals surface area contributed by atoms with E-state index in [0.29, 0.717) is 47.9 Å². The minimum atomic E-state index is -0.938. The first-order chi connectivity index (χ1) is 24.3. The van der Waals surface area contributed by atoms with E-state index in [4.69, 9.17) is 29.3 Å². The summed E-state index contributed by atoms with van der Waals surface area (Å²) >= 11 is 0. The van der Waals surface area contributed by atoms with Crippen LogP contribution in [0.25, 0.3) is 0 Å². The van der Waals surface area contributed by atoms with E-state index in [-0.39, 0.29) is 61.9 Å². The lowest BCUT2D eigenvalue weighted by atomic mass is 9.44. The van der Waals surface area contributed by atoms with Crippen LogP contribution in [0.2, 0.25) is 0 Å². The van der Waals surface area contributed by atoms with E-state index in [0.717, 1.165) is 44.8 Å². The maximum absolute atomic E-state index is 11.4. The largest absolute Gasteiger partial charge is 0.481 e. The highest BCUT2D eigenvalue weighted by Gasteiger charge is 2.68. The summed E-state index contributed by atoms with van der Waals surface area (Å²) in [6, 6.07) is -1.14. The van der Waals surface area contributed by atoms with Gasteiger partial charge in [0.2, 0.25) is 0 Å². The number of aldehydes is 2. The molecule has 0 amide bonds. The van der Waals surface area contributed by atoms with Gasteiger partial charge >= 0.3 is 11.9 Å². The van der Waals surface area contributed by atoms with Crippen LogP contribution in [0.5, 0.6) is 0 Å². The normalized spacial score (nSPS) is 40.3. The first kappa shape index (κ1) is 40.2. The van der Waals surface area contributed by atoms with E-state index < -0.39 is 29.8 Å². The topological polar surface area (TPSA) is 170 Å². The fourth-order valence-corrected chi connectivity index (χ4v) is 11.7. The molecule has 4 aliphatic carbocycles. The van der Waals surface area contributed by atoms with Crippen LogP contribution in [0.15, 0.2) is 0 Å². The third-order valence-corrected chi connectivity index (χ3v) is 14.6.